The van der Waals surface area contributed by atoms with E-state index < -0.39 is 0 Å². The summed E-state index contributed by atoms with van der Waals surface area (Å²) in [7, 11) is 0. The fourth-order valence-electron chi connectivity index (χ4n) is 1.82. The SMILES string of the molecule is Cc1cccc(C)c1OCC(=O)Nc1sccc1C#N. The molecule has 0 aliphatic carbocycles. The summed E-state index contributed by atoms with van der Waals surface area (Å²) in [6, 6.07) is 9.52. The number of hydrogen-bond donors (Lipinski definition) is 1. The van der Waals surface area contributed by atoms with Crippen LogP contribution < -0.4 is 10.1 Å². The van der Waals surface area contributed by atoms with E-state index in [2.05, 4.69) is 5.32 Å². The van der Waals surface area contributed by atoms with Crippen LogP contribution in [0.2, 0.25) is 0 Å². The van der Waals surface area contributed by atoms with Gasteiger partial charge >= 0.3 is 0 Å². The third-order valence-electron chi connectivity index (χ3n) is 2.79. The number of nitriles is 1. The average molecular weight is 286 g/mol. The Labute approximate surface area is 121 Å². The molecule has 0 radical (unpaired) electrons. The normalized spacial score (nSPS) is 9.85. The van der Waals surface area contributed by atoms with Gasteiger partial charge in [0.2, 0.25) is 0 Å². The lowest BCUT2D eigenvalue weighted by atomic mass is 10.1. The van der Waals surface area contributed by atoms with Crippen molar-refractivity contribution in [3.63, 3.8) is 0 Å². The number of anilines is 1. The molecule has 0 unspecified atom stereocenters. The lowest BCUT2D eigenvalue weighted by Gasteiger charge is -2.11. The maximum Gasteiger partial charge on any atom is 0.262 e. The molecule has 0 saturated carbocycles. The van der Waals surface area contributed by atoms with Crippen LogP contribution >= 0.6 is 11.3 Å². The largest absolute Gasteiger partial charge is 0.483 e. The van der Waals surface area contributed by atoms with Crippen LogP contribution in [0.3, 0.4) is 0 Å². The first-order valence-corrected chi connectivity index (χ1v) is 6.96. The highest BCUT2D eigenvalue weighted by Gasteiger charge is 2.10. The molecule has 0 fully saturated rings. The minimum atomic E-state index is -0.272. The zero-order valence-corrected chi connectivity index (χ0v) is 12.1. The van der Waals surface area contributed by atoms with Crippen molar-refractivity contribution >= 4 is 22.2 Å². The van der Waals surface area contributed by atoms with Gasteiger partial charge in [0.25, 0.3) is 5.91 Å². The smallest absolute Gasteiger partial charge is 0.262 e. The molecule has 0 aliphatic heterocycles. The fourth-order valence-corrected chi connectivity index (χ4v) is 2.57. The van der Waals surface area contributed by atoms with Crippen molar-refractivity contribution in [2.45, 2.75) is 13.8 Å². The van der Waals surface area contributed by atoms with Gasteiger partial charge in [0, 0.05) is 0 Å². The molecule has 1 N–H and O–H groups in total. The zero-order valence-electron chi connectivity index (χ0n) is 11.3. The number of nitrogens with zero attached hydrogens (tertiary/aromatic N) is 1. The van der Waals surface area contributed by atoms with Crippen LogP contribution in [0.1, 0.15) is 16.7 Å². The Bertz CT molecular complexity index is 651. The van der Waals surface area contributed by atoms with Crippen LogP contribution in [0.25, 0.3) is 0 Å². The van der Waals surface area contributed by atoms with E-state index in [1.807, 2.05) is 38.1 Å². The van der Waals surface area contributed by atoms with Crippen LogP contribution in [0, 0.1) is 25.2 Å². The Balaban J connectivity index is 1.98. The van der Waals surface area contributed by atoms with Gasteiger partial charge in [0.1, 0.15) is 16.8 Å². The van der Waals surface area contributed by atoms with Gasteiger partial charge in [-0.05, 0) is 36.4 Å². The molecule has 0 spiro atoms. The van der Waals surface area contributed by atoms with E-state index >= 15 is 0 Å². The molecule has 1 aromatic carbocycles. The lowest BCUT2D eigenvalue weighted by Crippen LogP contribution is -2.20. The zero-order chi connectivity index (χ0) is 14.5. The van der Waals surface area contributed by atoms with Crippen molar-refractivity contribution in [1.29, 1.82) is 5.26 Å². The second-order valence-corrected chi connectivity index (χ2v) is 5.25. The number of para-hydroxylation sites is 1. The van der Waals surface area contributed by atoms with Crippen molar-refractivity contribution in [3.05, 3.63) is 46.3 Å². The van der Waals surface area contributed by atoms with Gasteiger partial charge in [0.05, 0.1) is 5.56 Å². The van der Waals surface area contributed by atoms with Crippen LogP contribution in [0.15, 0.2) is 29.6 Å². The van der Waals surface area contributed by atoms with Gasteiger partial charge in [-0.2, -0.15) is 5.26 Å². The summed E-state index contributed by atoms with van der Waals surface area (Å²) in [6.45, 7) is 3.80. The summed E-state index contributed by atoms with van der Waals surface area (Å²) in [5.41, 5.74) is 2.45. The summed E-state index contributed by atoms with van der Waals surface area (Å²) in [5, 5.41) is 13.9. The van der Waals surface area contributed by atoms with Crippen LogP contribution in [-0.4, -0.2) is 12.5 Å². The second-order valence-electron chi connectivity index (χ2n) is 4.33. The molecule has 0 aliphatic rings. The first kappa shape index (κ1) is 14.1. The van der Waals surface area contributed by atoms with E-state index in [0.717, 1.165) is 16.9 Å². The Kier molecular flexibility index (Phi) is 4.38. The highest BCUT2D eigenvalue weighted by atomic mass is 32.1. The van der Waals surface area contributed by atoms with E-state index in [9.17, 15) is 4.79 Å². The molecule has 1 amide bonds. The summed E-state index contributed by atoms with van der Waals surface area (Å²) in [4.78, 5) is 11.8. The van der Waals surface area contributed by atoms with E-state index in [1.54, 1.807) is 11.4 Å². The second kappa shape index (κ2) is 6.22. The van der Waals surface area contributed by atoms with Gasteiger partial charge < -0.3 is 10.1 Å². The van der Waals surface area contributed by atoms with Crippen LogP contribution in [0.5, 0.6) is 5.75 Å². The molecule has 1 heterocycles. The Hall–Kier alpha value is -2.32. The van der Waals surface area contributed by atoms with Crippen molar-refractivity contribution in [1.82, 2.24) is 0 Å². The number of aryl methyl sites for hydroxylation is 2. The molecule has 1 aromatic heterocycles. The van der Waals surface area contributed by atoms with Crippen molar-refractivity contribution < 1.29 is 9.53 Å². The topological polar surface area (TPSA) is 62.1 Å². The summed E-state index contributed by atoms with van der Waals surface area (Å²) in [5.74, 6) is 0.459. The first-order valence-electron chi connectivity index (χ1n) is 6.08. The highest BCUT2D eigenvalue weighted by Crippen LogP contribution is 2.23. The van der Waals surface area contributed by atoms with Crippen molar-refractivity contribution in [3.8, 4) is 11.8 Å². The van der Waals surface area contributed by atoms with Crippen molar-refractivity contribution in [2.75, 3.05) is 11.9 Å². The molecular weight excluding hydrogens is 272 g/mol. The maximum atomic E-state index is 11.8. The molecule has 4 nitrogen and oxygen atoms in total. The molecule has 102 valence electrons. The van der Waals surface area contributed by atoms with Gasteiger partial charge in [-0.25, -0.2) is 0 Å². The fraction of sp³-hybridized carbons (Fsp3) is 0.200. The van der Waals surface area contributed by atoms with E-state index in [4.69, 9.17) is 10.00 Å². The number of hydrogen-bond acceptors (Lipinski definition) is 4. The summed E-state index contributed by atoms with van der Waals surface area (Å²) >= 11 is 1.32. The van der Waals surface area contributed by atoms with Crippen molar-refractivity contribution in [2.24, 2.45) is 0 Å². The molecule has 0 bridgehead atoms. The number of carbonyl (C=O) groups excluding carboxylic acids is 1. The third kappa shape index (κ3) is 3.16. The number of rotatable bonds is 4. The number of carbonyl (C=O) groups is 1. The first-order chi connectivity index (χ1) is 9.61. The minimum Gasteiger partial charge on any atom is -0.483 e. The predicted octanol–water partition coefficient (Wildman–Crippen LogP) is 3.25. The van der Waals surface area contributed by atoms with Gasteiger partial charge in [-0.1, -0.05) is 18.2 Å². The monoisotopic (exact) mass is 286 g/mol. The summed E-state index contributed by atoms with van der Waals surface area (Å²) in [6.07, 6.45) is 0. The minimum absolute atomic E-state index is 0.0749. The molecule has 0 saturated heterocycles. The summed E-state index contributed by atoms with van der Waals surface area (Å²) < 4.78 is 5.56. The quantitative estimate of drug-likeness (QED) is 0.938. The molecule has 5 heteroatoms. The molecule has 2 rings (SSSR count). The Morgan fingerprint density at radius 3 is 2.70 bits per heavy atom. The predicted molar refractivity (Wildman–Crippen MR) is 79.1 cm³/mol. The Morgan fingerprint density at radius 2 is 2.05 bits per heavy atom. The maximum absolute atomic E-state index is 11.8. The average Bonchev–Trinajstić information content (AvgIpc) is 2.85. The van der Waals surface area contributed by atoms with Crippen LogP contribution in [0.4, 0.5) is 5.00 Å². The van der Waals surface area contributed by atoms with E-state index in [0.29, 0.717) is 10.6 Å². The van der Waals surface area contributed by atoms with Gasteiger partial charge in [-0.15, -0.1) is 11.3 Å². The number of ether oxygens (including phenoxy) is 1. The van der Waals surface area contributed by atoms with Gasteiger partial charge in [0.15, 0.2) is 6.61 Å². The number of benzene rings is 1. The lowest BCUT2D eigenvalue weighted by molar-refractivity contribution is -0.118. The third-order valence-corrected chi connectivity index (χ3v) is 3.62. The molecule has 20 heavy (non-hydrogen) atoms. The number of amides is 1. The van der Waals surface area contributed by atoms with E-state index in [-0.39, 0.29) is 12.5 Å². The molecular formula is C15H14N2O2S. The molecule has 0 atom stereocenters. The number of nitrogens with one attached hydrogen (secondary N) is 1. The standard InChI is InChI=1S/C15H14N2O2S/c1-10-4-3-5-11(2)14(10)19-9-13(18)17-15-12(8-16)6-7-20-15/h3-7H,9H2,1-2H3,(H,17,18). The Morgan fingerprint density at radius 1 is 1.35 bits per heavy atom. The van der Waals surface area contributed by atoms with E-state index in [1.165, 1.54) is 11.3 Å². The highest BCUT2D eigenvalue weighted by molar-refractivity contribution is 7.14. The molecule has 2 aromatic rings. The number of thiophene rings is 1. The van der Waals surface area contributed by atoms with Crippen LogP contribution in [-0.2, 0) is 4.79 Å². The van der Waals surface area contributed by atoms with Gasteiger partial charge in [-0.3, -0.25) is 4.79 Å².